The quantitative estimate of drug-likeness (QED) is 0.752. The van der Waals surface area contributed by atoms with Crippen molar-refractivity contribution >= 4 is 11.8 Å². The number of carbonyl (C=O) groups is 1. The Morgan fingerprint density at radius 3 is 2.73 bits per heavy atom. The fraction of sp³-hybridized carbons (Fsp3) is 0.364. The van der Waals surface area contributed by atoms with E-state index in [-0.39, 0.29) is 5.82 Å². The van der Waals surface area contributed by atoms with Crippen molar-refractivity contribution in [2.24, 2.45) is 0 Å². The van der Waals surface area contributed by atoms with E-state index < -0.39 is 6.09 Å². The number of ether oxygens (including phenoxy) is 1. The average molecular weight is 211 g/mol. The molecule has 0 spiro atoms. The van der Waals surface area contributed by atoms with E-state index in [1.807, 2.05) is 0 Å². The van der Waals surface area contributed by atoms with Gasteiger partial charge in [0.15, 0.2) is 0 Å². The number of rotatable bonds is 2. The van der Waals surface area contributed by atoms with E-state index in [9.17, 15) is 9.18 Å². The first kappa shape index (κ1) is 11.5. The highest BCUT2D eigenvalue weighted by atomic mass is 19.1. The van der Waals surface area contributed by atoms with Crippen LogP contribution in [0.25, 0.3) is 0 Å². The molecule has 0 radical (unpaired) electrons. The van der Waals surface area contributed by atoms with Crippen LogP contribution >= 0.6 is 0 Å². The topological polar surface area (TPSA) is 29.5 Å². The molecule has 1 aromatic carbocycles. The lowest BCUT2D eigenvalue weighted by Gasteiger charge is -2.16. The first-order valence-corrected chi connectivity index (χ1v) is 4.73. The maximum atomic E-state index is 13.2. The highest BCUT2D eigenvalue weighted by molar-refractivity contribution is 5.86. The molecule has 0 aliphatic rings. The molecule has 1 aromatic rings. The number of hydrogen-bond donors (Lipinski definition) is 0. The van der Waals surface area contributed by atoms with Crippen molar-refractivity contribution < 1.29 is 13.9 Å². The van der Waals surface area contributed by atoms with Crippen LogP contribution in [-0.4, -0.2) is 19.7 Å². The van der Waals surface area contributed by atoms with Crippen LogP contribution < -0.4 is 4.90 Å². The minimum atomic E-state index is -0.485. The Bertz CT molecular complexity index is 366. The summed E-state index contributed by atoms with van der Waals surface area (Å²) in [6.45, 7) is 3.70. The summed E-state index contributed by atoms with van der Waals surface area (Å²) in [5.41, 5.74) is 1.03. The van der Waals surface area contributed by atoms with Crippen molar-refractivity contribution in [1.29, 1.82) is 0 Å². The molecule has 0 N–H and O–H groups in total. The number of amides is 1. The summed E-state index contributed by atoms with van der Waals surface area (Å²) in [5.74, 6) is -0.330. The van der Waals surface area contributed by atoms with Gasteiger partial charge in [-0.05, 0) is 31.5 Å². The lowest BCUT2D eigenvalue weighted by atomic mass is 10.2. The number of aryl methyl sites for hydroxylation is 1. The summed E-state index contributed by atoms with van der Waals surface area (Å²) in [5, 5.41) is 0. The van der Waals surface area contributed by atoms with Crippen molar-refractivity contribution in [2.75, 3.05) is 18.6 Å². The maximum Gasteiger partial charge on any atom is 0.413 e. The van der Waals surface area contributed by atoms with Gasteiger partial charge in [-0.2, -0.15) is 0 Å². The number of benzene rings is 1. The van der Waals surface area contributed by atoms with Crippen LogP contribution in [0.4, 0.5) is 14.9 Å². The SMILES string of the molecule is CCOC(=O)N(C)c1ccc(C)c(F)c1. The van der Waals surface area contributed by atoms with Gasteiger partial charge in [-0.3, -0.25) is 4.90 Å². The molecule has 0 bridgehead atoms. The second-order valence-electron chi connectivity index (χ2n) is 3.19. The van der Waals surface area contributed by atoms with E-state index in [0.29, 0.717) is 17.9 Å². The van der Waals surface area contributed by atoms with Gasteiger partial charge in [-0.15, -0.1) is 0 Å². The Hall–Kier alpha value is -1.58. The molecule has 15 heavy (non-hydrogen) atoms. The average Bonchev–Trinajstić information content (AvgIpc) is 2.21. The van der Waals surface area contributed by atoms with Crippen LogP contribution in [-0.2, 0) is 4.74 Å². The third-order valence-electron chi connectivity index (χ3n) is 2.08. The monoisotopic (exact) mass is 211 g/mol. The summed E-state index contributed by atoms with van der Waals surface area (Å²) < 4.78 is 18.0. The molecule has 1 rings (SSSR count). The van der Waals surface area contributed by atoms with Gasteiger partial charge in [0.2, 0.25) is 0 Å². The molecule has 0 saturated carbocycles. The third kappa shape index (κ3) is 2.68. The second kappa shape index (κ2) is 4.77. The van der Waals surface area contributed by atoms with Gasteiger partial charge in [0.05, 0.1) is 6.61 Å². The Morgan fingerprint density at radius 2 is 2.20 bits per heavy atom. The molecule has 3 nitrogen and oxygen atoms in total. The summed E-state index contributed by atoms with van der Waals surface area (Å²) in [7, 11) is 1.54. The van der Waals surface area contributed by atoms with Crippen molar-refractivity contribution in [2.45, 2.75) is 13.8 Å². The Kier molecular flexibility index (Phi) is 3.66. The van der Waals surface area contributed by atoms with Crippen LogP contribution in [0.5, 0.6) is 0 Å². The number of hydrogen-bond acceptors (Lipinski definition) is 2. The minimum Gasteiger partial charge on any atom is -0.449 e. The van der Waals surface area contributed by atoms with Crippen LogP contribution in [0, 0.1) is 12.7 Å². The van der Waals surface area contributed by atoms with Gasteiger partial charge < -0.3 is 4.74 Å². The van der Waals surface area contributed by atoms with E-state index in [1.165, 1.54) is 11.0 Å². The predicted molar refractivity (Wildman–Crippen MR) is 56.6 cm³/mol. The van der Waals surface area contributed by atoms with Crippen LogP contribution in [0.3, 0.4) is 0 Å². The van der Waals surface area contributed by atoms with Crippen LogP contribution in [0.15, 0.2) is 18.2 Å². The lowest BCUT2D eigenvalue weighted by molar-refractivity contribution is 0.161. The van der Waals surface area contributed by atoms with Gasteiger partial charge in [0.1, 0.15) is 5.82 Å². The Balaban J connectivity index is 2.86. The van der Waals surface area contributed by atoms with E-state index in [2.05, 4.69) is 0 Å². The molecule has 0 atom stereocenters. The Morgan fingerprint density at radius 1 is 1.53 bits per heavy atom. The second-order valence-corrected chi connectivity index (χ2v) is 3.19. The molecule has 0 fully saturated rings. The summed E-state index contributed by atoms with van der Waals surface area (Å²) in [6, 6.07) is 4.61. The first-order chi connectivity index (χ1) is 7.06. The zero-order chi connectivity index (χ0) is 11.4. The summed E-state index contributed by atoms with van der Waals surface area (Å²) in [4.78, 5) is 12.6. The third-order valence-corrected chi connectivity index (χ3v) is 2.08. The van der Waals surface area contributed by atoms with Crippen molar-refractivity contribution in [3.63, 3.8) is 0 Å². The summed E-state index contributed by atoms with van der Waals surface area (Å²) in [6.07, 6.45) is -0.485. The van der Waals surface area contributed by atoms with Crippen LogP contribution in [0.2, 0.25) is 0 Å². The molecule has 0 aromatic heterocycles. The van der Waals surface area contributed by atoms with E-state index in [4.69, 9.17) is 4.74 Å². The maximum absolute atomic E-state index is 13.2. The molecular formula is C11H14FNO2. The van der Waals surface area contributed by atoms with Gasteiger partial charge in [-0.25, -0.2) is 9.18 Å². The highest BCUT2D eigenvalue weighted by Crippen LogP contribution is 2.17. The van der Waals surface area contributed by atoms with E-state index in [0.717, 1.165) is 0 Å². The van der Waals surface area contributed by atoms with Gasteiger partial charge >= 0.3 is 6.09 Å². The number of anilines is 1. The molecule has 0 unspecified atom stereocenters. The summed E-state index contributed by atoms with van der Waals surface area (Å²) >= 11 is 0. The lowest BCUT2D eigenvalue weighted by Crippen LogP contribution is -2.27. The predicted octanol–water partition coefficient (Wildman–Crippen LogP) is 2.73. The van der Waals surface area contributed by atoms with Crippen LogP contribution in [0.1, 0.15) is 12.5 Å². The van der Waals surface area contributed by atoms with Gasteiger partial charge in [0.25, 0.3) is 0 Å². The Labute approximate surface area is 88.5 Å². The normalized spacial score (nSPS) is 9.87. The molecular weight excluding hydrogens is 197 g/mol. The number of carbonyl (C=O) groups excluding carboxylic acids is 1. The first-order valence-electron chi connectivity index (χ1n) is 4.73. The fourth-order valence-electron chi connectivity index (χ4n) is 1.12. The molecule has 82 valence electrons. The van der Waals surface area contributed by atoms with Crippen molar-refractivity contribution in [3.05, 3.63) is 29.6 Å². The fourth-order valence-corrected chi connectivity index (χ4v) is 1.12. The molecule has 0 aliphatic carbocycles. The van der Waals surface area contributed by atoms with Gasteiger partial charge in [-0.1, -0.05) is 6.07 Å². The number of halogens is 1. The minimum absolute atomic E-state index is 0.303. The zero-order valence-corrected chi connectivity index (χ0v) is 9.08. The van der Waals surface area contributed by atoms with Gasteiger partial charge in [0, 0.05) is 12.7 Å². The molecule has 1 amide bonds. The van der Waals surface area contributed by atoms with Crippen molar-refractivity contribution in [1.82, 2.24) is 0 Å². The standard InChI is InChI=1S/C11H14FNO2/c1-4-15-11(14)13(3)9-6-5-8(2)10(12)7-9/h5-7H,4H2,1-3H3. The largest absolute Gasteiger partial charge is 0.449 e. The van der Waals surface area contributed by atoms with Crippen molar-refractivity contribution in [3.8, 4) is 0 Å². The number of nitrogens with zero attached hydrogens (tertiary/aromatic N) is 1. The zero-order valence-electron chi connectivity index (χ0n) is 9.08. The van der Waals surface area contributed by atoms with E-state index in [1.54, 1.807) is 33.0 Å². The smallest absolute Gasteiger partial charge is 0.413 e. The van der Waals surface area contributed by atoms with E-state index >= 15 is 0 Å². The molecule has 0 heterocycles. The highest BCUT2D eigenvalue weighted by Gasteiger charge is 2.12. The molecule has 0 saturated heterocycles. The molecule has 0 aliphatic heterocycles. The molecule has 4 heteroatoms.